The topological polar surface area (TPSA) is 91.4 Å². The van der Waals surface area contributed by atoms with Gasteiger partial charge in [-0.2, -0.15) is 0 Å². The summed E-state index contributed by atoms with van der Waals surface area (Å²) in [5, 5.41) is 0. The van der Waals surface area contributed by atoms with Gasteiger partial charge in [-0.15, -0.1) is 0 Å². The van der Waals surface area contributed by atoms with Gasteiger partial charge in [-0.3, -0.25) is 9.59 Å². The van der Waals surface area contributed by atoms with Crippen molar-refractivity contribution < 1.29 is 33.3 Å². The number of hydrogen-bond acceptors (Lipinski definition) is 7. The van der Waals surface area contributed by atoms with Crippen molar-refractivity contribution in [3.63, 3.8) is 0 Å². The van der Waals surface area contributed by atoms with Crippen LogP contribution in [0.3, 0.4) is 0 Å². The fourth-order valence-corrected chi connectivity index (χ4v) is 5.66. The van der Waals surface area contributed by atoms with Gasteiger partial charge in [-0.25, -0.2) is 4.79 Å². The Hall–Kier alpha value is -2.15. The Morgan fingerprint density at radius 1 is 1.31 bits per heavy atom. The third-order valence-electron chi connectivity index (χ3n) is 8.03. The molecule has 2 aliphatic heterocycles. The Balaban J connectivity index is 1.72. The molecule has 0 aromatic rings. The van der Waals surface area contributed by atoms with Gasteiger partial charge in [-0.1, -0.05) is 32.4 Å². The maximum absolute atomic E-state index is 12.7. The van der Waals surface area contributed by atoms with E-state index in [1.807, 2.05) is 34.6 Å². The van der Waals surface area contributed by atoms with E-state index < -0.39 is 29.8 Å². The molecule has 0 aromatic carbocycles. The van der Waals surface area contributed by atoms with Gasteiger partial charge in [-0.05, 0) is 39.7 Å². The number of esters is 3. The van der Waals surface area contributed by atoms with Crippen LogP contribution in [0, 0.1) is 23.7 Å². The van der Waals surface area contributed by atoms with E-state index in [2.05, 4.69) is 0 Å². The Morgan fingerprint density at radius 3 is 2.62 bits per heavy atom. The normalized spacial score (nSPS) is 41.2. The molecule has 1 saturated carbocycles. The highest BCUT2D eigenvalue weighted by atomic mass is 16.7. The summed E-state index contributed by atoms with van der Waals surface area (Å²) in [7, 11) is 0. The number of carbonyl (C=O) groups excluding carboxylic acids is 3. The molecule has 7 nitrogen and oxygen atoms in total. The minimum Gasteiger partial charge on any atom is -0.461 e. The summed E-state index contributed by atoms with van der Waals surface area (Å²) in [4.78, 5) is 37.9. The van der Waals surface area contributed by atoms with Gasteiger partial charge in [0, 0.05) is 17.9 Å². The van der Waals surface area contributed by atoms with Crippen LogP contribution >= 0.6 is 0 Å². The first kappa shape index (κ1) is 23.0. The van der Waals surface area contributed by atoms with E-state index in [0.717, 1.165) is 11.1 Å². The first-order valence-electron chi connectivity index (χ1n) is 11.7. The third kappa shape index (κ3) is 3.40. The molecule has 176 valence electrons. The molecule has 9 unspecified atom stereocenters. The molecule has 0 amide bonds. The zero-order valence-electron chi connectivity index (χ0n) is 20.0. The van der Waals surface area contributed by atoms with Crippen LogP contribution in [0.15, 0.2) is 22.8 Å². The highest BCUT2D eigenvalue weighted by Gasteiger charge is 2.75. The van der Waals surface area contributed by atoms with Crippen molar-refractivity contribution in [1.82, 2.24) is 0 Å². The Morgan fingerprint density at radius 2 is 2.00 bits per heavy atom. The number of carbonyl (C=O) groups is 3. The summed E-state index contributed by atoms with van der Waals surface area (Å²) in [6.45, 7) is 13.1. The van der Waals surface area contributed by atoms with Crippen molar-refractivity contribution in [2.24, 2.45) is 23.7 Å². The number of fused-ring (bicyclic) bond motifs is 5. The lowest BCUT2D eigenvalue weighted by atomic mass is 9.78. The van der Waals surface area contributed by atoms with E-state index >= 15 is 0 Å². The monoisotopic (exact) mass is 446 g/mol. The number of epoxide rings is 1. The van der Waals surface area contributed by atoms with Gasteiger partial charge in [0.15, 0.2) is 6.10 Å². The molecular weight excluding hydrogens is 412 g/mol. The zero-order chi connectivity index (χ0) is 23.5. The van der Waals surface area contributed by atoms with Crippen molar-refractivity contribution in [2.45, 2.75) is 91.3 Å². The summed E-state index contributed by atoms with van der Waals surface area (Å²) in [6, 6.07) is 0. The van der Waals surface area contributed by atoms with Crippen LogP contribution in [0.5, 0.6) is 0 Å². The molecule has 4 aliphatic rings. The van der Waals surface area contributed by atoms with Crippen LogP contribution in [0.4, 0.5) is 0 Å². The van der Waals surface area contributed by atoms with E-state index in [1.165, 1.54) is 0 Å². The summed E-state index contributed by atoms with van der Waals surface area (Å²) in [6.07, 6.45) is 1.13. The molecule has 0 radical (unpaired) electrons. The van der Waals surface area contributed by atoms with E-state index in [-0.39, 0.29) is 41.8 Å². The third-order valence-corrected chi connectivity index (χ3v) is 8.03. The Bertz CT molecular complexity index is 902. The van der Waals surface area contributed by atoms with Gasteiger partial charge >= 0.3 is 17.9 Å². The number of hydrogen-bond donors (Lipinski definition) is 0. The molecule has 9 atom stereocenters. The first-order chi connectivity index (χ1) is 15.0. The van der Waals surface area contributed by atoms with Crippen molar-refractivity contribution in [1.29, 1.82) is 0 Å². The van der Waals surface area contributed by atoms with Crippen molar-refractivity contribution in [3.8, 4) is 0 Å². The molecule has 0 N–H and O–H groups in total. The molecule has 2 aliphatic carbocycles. The number of allylic oxidation sites excluding steroid dienone is 1. The lowest BCUT2D eigenvalue weighted by Gasteiger charge is -2.31. The highest BCUT2D eigenvalue weighted by Crippen LogP contribution is 2.63. The Labute approximate surface area is 189 Å². The summed E-state index contributed by atoms with van der Waals surface area (Å²) >= 11 is 0. The van der Waals surface area contributed by atoms with E-state index in [1.54, 1.807) is 19.9 Å². The maximum Gasteiger partial charge on any atom is 0.333 e. The highest BCUT2D eigenvalue weighted by molar-refractivity contribution is 5.88. The SMILES string of the molecule is C/C=C(\C)C(=O)OC1CC(C)=C2C(OC(=O)C(C)CC)C3OC3(C)C2C2OC(=O)C(C)C12. The van der Waals surface area contributed by atoms with Gasteiger partial charge in [0.05, 0.1) is 17.8 Å². The molecule has 7 heteroatoms. The van der Waals surface area contributed by atoms with Crippen molar-refractivity contribution >= 4 is 17.9 Å². The summed E-state index contributed by atoms with van der Waals surface area (Å²) in [5.74, 6) is -2.06. The van der Waals surface area contributed by atoms with Crippen LogP contribution in [0.1, 0.15) is 61.3 Å². The van der Waals surface area contributed by atoms with E-state index in [0.29, 0.717) is 18.4 Å². The quantitative estimate of drug-likeness (QED) is 0.210. The largest absolute Gasteiger partial charge is 0.461 e. The van der Waals surface area contributed by atoms with Gasteiger partial charge < -0.3 is 18.9 Å². The number of ether oxygens (including phenoxy) is 4. The van der Waals surface area contributed by atoms with Gasteiger partial charge in [0.1, 0.15) is 23.9 Å². The zero-order valence-corrected chi connectivity index (χ0v) is 20.0. The summed E-state index contributed by atoms with van der Waals surface area (Å²) < 4.78 is 23.9. The average Bonchev–Trinajstić information content (AvgIpc) is 3.30. The van der Waals surface area contributed by atoms with E-state index in [4.69, 9.17) is 18.9 Å². The summed E-state index contributed by atoms with van der Waals surface area (Å²) in [5.41, 5.74) is 1.94. The van der Waals surface area contributed by atoms with Crippen LogP contribution < -0.4 is 0 Å². The molecule has 0 bridgehead atoms. The van der Waals surface area contributed by atoms with Crippen LogP contribution in [-0.2, 0) is 33.3 Å². The fourth-order valence-electron chi connectivity index (χ4n) is 5.66. The molecule has 3 fully saturated rings. The second-order valence-corrected chi connectivity index (χ2v) is 9.99. The minimum atomic E-state index is -0.567. The van der Waals surface area contributed by atoms with Crippen LogP contribution in [0.2, 0.25) is 0 Å². The lowest BCUT2D eigenvalue weighted by molar-refractivity contribution is -0.154. The fraction of sp³-hybridized carbons (Fsp3) is 0.720. The average molecular weight is 447 g/mol. The van der Waals surface area contributed by atoms with Crippen LogP contribution in [-0.4, -0.2) is 47.9 Å². The predicted octanol–water partition coefficient (Wildman–Crippen LogP) is 3.51. The van der Waals surface area contributed by atoms with Gasteiger partial charge in [0.2, 0.25) is 0 Å². The number of rotatable bonds is 5. The Kier molecular flexibility index (Phi) is 5.76. The maximum atomic E-state index is 12.7. The molecule has 2 heterocycles. The van der Waals surface area contributed by atoms with Gasteiger partial charge in [0.25, 0.3) is 0 Å². The smallest absolute Gasteiger partial charge is 0.333 e. The molecule has 0 spiro atoms. The van der Waals surface area contributed by atoms with Crippen molar-refractivity contribution in [3.05, 3.63) is 22.8 Å². The molecule has 32 heavy (non-hydrogen) atoms. The minimum absolute atomic E-state index is 0.208. The van der Waals surface area contributed by atoms with Crippen molar-refractivity contribution in [2.75, 3.05) is 0 Å². The standard InChI is InChI=1S/C25H34O7/c1-8-11(3)22(26)29-15-10-13(5)16-18(19-17(15)14(6)24(28)30-19)25(7)21(32-25)20(16)31-23(27)12(4)9-2/h8,12,14-15,17-21H,9-10H2,1-7H3/b11-8+. The van der Waals surface area contributed by atoms with Crippen LogP contribution in [0.25, 0.3) is 0 Å². The lowest BCUT2D eigenvalue weighted by Crippen LogP contribution is -2.41. The molecule has 0 aromatic heterocycles. The predicted molar refractivity (Wildman–Crippen MR) is 115 cm³/mol. The van der Waals surface area contributed by atoms with E-state index in [9.17, 15) is 14.4 Å². The molecule has 4 rings (SSSR count). The molecule has 2 saturated heterocycles. The molecular formula is C25H34O7. The first-order valence-corrected chi connectivity index (χ1v) is 11.7. The second-order valence-electron chi connectivity index (χ2n) is 9.99. The second kappa shape index (κ2) is 8.01.